The van der Waals surface area contributed by atoms with Gasteiger partial charge in [0.25, 0.3) is 0 Å². The molecule has 1 aromatic heterocycles. The van der Waals surface area contributed by atoms with Gasteiger partial charge in [0, 0.05) is 56.5 Å². The maximum absolute atomic E-state index is 11.8. The molecule has 7 nitrogen and oxygen atoms in total. The number of benzene rings is 2. The minimum atomic E-state index is -0.0821. The third-order valence-corrected chi connectivity index (χ3v) is 5.37. The second-order valence-corrected chi connectivity index (χ2v) is 7.55. The lowest BCUT2D eigenvalue weighted by molar-refractivity contribution is -0.129. The van der Waals surface area contributed by atoms with Crippen molar-refractivity contribution in [3.05, 3.63) is 59.8 Å². The Balaban J connectivity index is 1.51. The Morgan fingerprint density at radius 3 is 2.10 bits per heavy atom. The van der Waals surface area contributed by atoms with Gasteiger partial charge in [0.05, 0.1) is 6.54 Å². The van der Waals surface area contributed by atoms with Gasteiger partial charge in [-0.25, -0.2) is 0 Å². The maximum Gasteiger partial charge on any atom is 0.221 e. The molecule has 154 valence electrons. The Hall–Kier alpha value is -3.61. The lowest BCUT2D eigenvalue weighted by atomic mass is 10.0. The topological polar surface area (TPSA) is 79.3 Å². The summed E-state index contributed by atoms with van der Waals surface area (Å²) in [5, 5.41) is 10.8. The Morgan fingerprint density at radius 1 is 0.933 bits per heavy atom. The van der Waals surface area contributed by atoms with Crippen molar-refractivity contribution in [1.29, 1.82) is 0 Å². The second-order valence-electron chi connectivity index (χ2n) is 7.55. The molecule has 0 aliphatic carbocycles. The monoisotopic (exact) mass is 403 g/mol. The van der Waals surface area contributed by atoms with Gasteiger partial charge in [0.2, 0.25) is 11.8 Å². The van der Waals surface area contributed by atoms with E-state index in [-0.39, 0.29) is 11.8 Å². The van der Waals surface area contributed by atoms with Crippen LogP contribution in [-0.4, -0.2) is 33.0 Å². The van der Waals surface area contributed by atoms with Gasteiger partial charge in [0.15, 0.2) is 5.82 Å². The van der Waals surface area contributed by atoms with Gasteiger partial charge in [0.1, 0.15) is 0 Å². The Bertz CT molecular complexity index is 1080. The number of nitrogens with one attached hydrogen (secondary N) is 2. The Labute approximate surface area is 175 Å². The summed E-state index contributed by atoms with van der Waals surface area (Å²) < 4.78 is 1.90. The van der Waals surface area contributed by atoms with Crippen LogP contribution >= 0.6 is 0 Å². The molecular formula is C23H25N5O2. The van der Waals surface area contributed by atoms with E-state index in [4.69, 9.17) is 0 Å². The van der Waals surface area contributed by atoms with Gasteiger partial charge in [-0.05, 0) is 35.4 Å². The fourth-order valence-electron chi connectivity index (χ4n) is 3.79. The minimum absolute atomic E-state index is 0.0821. The fraction of sp³-hybridized carbons (Fsp3) is 0.261. The van der Waals surface area contributed by atoms with Crippen molar-refractivity contribution >= 4 is 29.0 Å². The predicted octanol–water partition coefficient (Wildman–Crippen LogP) is 3.69. The third-order valence-electron chi connectivity index (χ3n) is 5.37. The van der Waals surface area contributed by atoms with Crippen LogP contribution in [0.15, 0.2) is 48.5 Å². The number of amides is 2. The number of nitrogens with zero attached hydrogens (tertiary/aromatic N) is 3. The van der Waals surface area contributed by atoms with Gasteiger partial charge >= 0.3 is 0 Å². The van der Waals surface area contributed by atoms with Gasteiger partial charge < -0.3 is 15.5 Å². The van der Waals surface area contributed by atoms with Crippen molar-refractivity contribution in [2.75, 3.05) is 17.2 Å². The number of rotatable bonds is 4. The zero-order valence-corrected chi connectivity index (χ0v) is 17.4. The molecule has 0 saturated heterocycles. The highest BCUT2D eigenvalue weighted by Crippen LogP contribution is 2.29. The van der Waals surface area contributed by atoms with E-state index in [1.165, 1.54) is 12.6 Å². The first kappa shape index (κ1) is 19.7. The van der Waals surface area contributed by atoms with E-state index in [1.807, 2.05) is 65.2 Å². The van der Waals surface area contributed by atoms with Crippen molar-refractivity contribution in [3.63, 3.8) is 0 Å². The SMILES string of the molecule is CC(=O)Nc1ccc(-c2ccc(Nc3nn(C)c4c3CN(C(C)=O)CC4)cc2)cc1. The van der Waals surface area contributed by atoms with Gasteiger partial charge in [-0.15, -0.1) is 0 Å². The average molecular weight is 403 g/mol. The lowest BCUT2D eigenvalue weighted by Crippen LogP contribution is -2.34. The van der Waals surface area contributed by atoms with Crippen LogP contribution < -0.4 is 10.6 Å². The number of hydrogen-bond donors (Lipinski definition) is 2. The highest BCUT2D eigenvalue weighted by Gasteiger charge is 2.25. The van der Waals surface area contributed by atoms with Crippen LogP contribution in [0.4, 0.5) is 17.2 Å². The third kappa shape index (κ3) is 4.05. The minimum Gasteiger partial charge on any atom is -0.338 e. The van der Waals surface area contributed by atoms with E-state index < -0.39 is 0 Å². The van der Waals surface area contributed by atoms with E-state index in [9.17, 15) is 9.59 Å². The molecule has 2 N–H and O–H groups in total. The van der Waals surface area contributed by atoms with Crippen LogP contribution in [0.2, 0.25) is 0 Å². The predicted molar refractivity (Wildman–Crippen MR) is 117 cm³/mol. The molecule has 7 heteroatoms. The summed E-state index contributed by atoms with van der Waals surface area (Å²) in [6.07, 6.45) is 0.813. The molecule has 0 spiro atoms. The molecule has 3 aromatic rings. The summed E-state index contributed by atoms with van der Waals surface area (Å²) in [5.74, 6) is 0.802. The molecule has 0 radical (unpaired) electrons. The largest absolute Gasteiger partial charge is 0.338 e. The number of aromatic nitrogens is 2. The van der Waals surface area contributed by atoms with E-state index >= 15 is 0 Å². The summed E-state index contributed by atoms with van der Waals surface area (Å²) in [6, 6.07) is 15.9. The molecule has 0 saturated carbocycles. The first-order valence-electron chi connectivity index (χ1n) is 9.96. The maximum atomic E-state index is 11.8. The van der Waals surface area contributed by atoms with Crippen LogP contribution in [-0.2, 0) is 29.6 Å². The van der Waals surface area contributed by atoms with Crippen molar-refractivity contribution in [2.24, 2.45) is 7.05 Å². The van der Waals surface area contributed by atoms with E-state index in [0.29, 0.717) is 6.54 Å². The standard InChI is InChI=1S/C23H25N5O2/c1-15(29)24-19-8-4-17(5-9-19)18-6-10-20(11-7-18)25-23-21-14-28(16(2)30)13-12-22(21)27(3)26-23/h4-11H,12-14H2,1-3H3,(H,24,29)(H,25,26). The molecule has 2 amide bonds. The van der Waals surface area contributed by atoms with Crippen molar-refractivity contribution in [2.45, 2.75) is 26.8 Å². The number of hydrogen-bond acceptors (Lipinski definition) is 4. The van der Waals surface area contributed by atoms with Gasteiger partial charge in [-0.1, -0.05) is 24.3 Å². The summed E-state index contributed by atoms with van der Waals surface area (Å²) in [6.45, 7) is 4.42. The van der Waals surface area contributed by atoms with Crippen molar-refractivity contribution in [3.8, 4) is 11.1 Å². The van der Waals surface area contributed by atoms with Gasteiger partial charge in [-0.2, -0.15) is 5.10 Å². The summed E-state index contributed by atoms with van der Waals surface area (Å²) in [4.78, 5) is 24.8. The molecular weight excluding hydrogens is 378 g/mol. The molecule has 0 atom stereocenters. The summed E-state index contributed by atoms with van der Waals surface area (Å²) in [5.41, 5.74) is 6.13. The van der Waals surface area contributed by atoms with Crippen LogP contribution in [0, 0.1) is 0 Å². The van der Waals surface area contributed by atoms with Crippen molar-refractivity contribution in [1.82, 2.24) is 14.7 Å². The van der Waals surface area contributed by atoms with Gasteiger partial charge in [-0.3, -0.25) is 14.3 Å². The van der Waals surface area contributed by atoms with E-state index in [2.05, 4.69) is 15.7 Å². The van der Waals surface area contributed by atoms with Crippen molar-refractivity contribution < 1.29 is 9.59 Å². The highest BCUT2D eigenvalue weighted by molar-refractivity contribution is 5.89. The summed E-state index contributed by atoms with van der Waals surface area (Å²) >= 11 is 0. The van der Waals surface area contributed by atoms with Crippen LogP contribution in [0.1, 0.15) is 25.1 Å². The van der Waals surface area contributed by atoms with E-state index in [0.717, 1.165) is 46.8 Å². The number of aryl methyl sites for hydroxylation is 1. The van der Waals surface area contributed by atoms with Crippen LogP contribution in [0.3, 0.4) is 0 Å². The molecule has 1 aliphatic heterocycles. The summed E-state index contributed by atoms with van der Waals surface area (Å²) in [7, 11) is 1.95. The quantitative estimate of drug-likeness (QED) is 0.696. The zero-order valence-electron chi connectivity index (χ0n) is 17.4. The first-order valence-corrected chi connectivity index (χ1v) is 9.96. The number of carbonyl (C=O) groups is 2. The first-order chi connectivity index (χ1) is 14.4. The lowest BCUT2D eigenvalue weighted by Gasteiger charge is -2.26. The molecule has 30 heavy (non-hydrogen) atoms. The number of fused-ring (bicyclic) bond motifs is 1. The number of carbonyl (C=O) groups excluding carboxylic acids is 2. The number of anilines is 3. The van der Waals surface area contributed by atoms with E-state index in [1.54, 1.807) is 6.92 Å². The second kappa shape index (κ2) is 8.02. The smallest absolute Gasteiger partial charge is 0.221 e. The normalized spacial score (nSPS) is 13.0. The average Bonchev–Trinajstić information content (AvgIpc) is 3.03. The Morgan fingerprint density at radius 2 is 1.53 bits per heavy atom. The zero-order chi connectivity index (χ0) is 21.3. The molecule has 4 rings (SSSR count). The fourth-order valence-corrected chi connectivity index (χ4v) is 3.79. The highest BCUT2D eigenvalue weighted by atomic mass is 16.2. The molecule has 0 unspecified atom stereocenters. The van der Waals surface area contributed by atoms with Crippen LogP contribution in [0.5, 0.6) is 0 Å². The molecule has 1 aliphatic rings. The molecule has 2 aromatic carbocycles. The molecule has 2 heterocycles. The van der Waals surface area contributed by atoms with Crippen LogP contribution in [0.25, 0.3) is 11.1 Å². The molecule has 0 bridgehead atoms. The Kier molecular flexibility index (Phi) is 5.27. The molecule has 0 fully saturated rings.